The molecule has 1 N–H and O–H groups in total. The number of benzene rings is 1. The smallest absolute Gasteiger partial charge is 0.334 e. The van der Waals surface area contributed by atoms with Crippen LogP contribution in [0.3, 0.4) is 0 Å². The molecule has 7 heteroatoms. The molecule has 86 valence electrons. The van der Waals surface area contributed by atoms with Crippen LogP contribution in [-0.4, -0.2) is 19.7 Å². The van der Waals surface area contributed by atoms with Crippen LogP contribution in [0.25, 0.3) is 17.0 Å². The zero-order valence-corrected chi connectivity index (χ0v) is 9.52. The third kappa shape index (κ3) is 1.53. The van der Waals surface area contributed by atoms with Crippen molar-refractivity contribution in [1.82, 2.24) is 19.7 Å². The lowest BCUT2D eigenvalue weighted by Crippen LogP contribution is -2.14. The Bertz CT molecular complexity index is 755. The fraction of sp³-hybridized carbons (Fsp3) is 0.100. The second-order valence-corrected chi connectivity index (χ2v) is 3.97. The first-order valence-corrected chi connectivity index (χ1v) is 5.24. The average molecular weight is 251 g/mol. The largest absolute Gasteiger partial charge is 0.408 e. The van der Waals surface area contributed by atoms with Gasteiger partial charge in [0.05, 0.1) is 11.0 Å². The maximum atomic E-state index is 11.8. The van der Waals surface area contributed by atoms with Crippen molar-refractivity contribution in [3.05, 3.63) is 39.6 Å². The fourth-order valence-corrected chi connectivity index (χ4v) is 1.82. The number of hydrogen-bond donors (Lipinski definition) is 1. The van der Waals surface area contributed by atoms with Crippen molar-refractivity contribution in [1.29, 1.82) is 0 Å². The first-order chi connectivity index (χ1) is 8.15. The van der Waals surface area contributed by atoms with Crippen LogP contribution in [0.1, 0.15) is 5.89 Å². The lowest BCUT2D eigenvalue weighted by molar-refractivity contribution is 0.495. The summed E-state index contributed by atoms with van der Waals surface area (Å²) in [6, 6.07) is 5.21. The van der Waals surface area contributed by atoms with E-state index in [1.54, 1.807) is 25.1 Å². The van der Waals surface area contributed by atoms with E-state index in [2.05, 4.69) is 15.2 Å². The van der Waals surface area contributed by atoms with Crippen molar-refractivity contribution < 1.29 is 4.42 Å². The van der Waals surface area contributed by atoms with Gasteiger partial charge in [-0.2, -0.15) is 0 Å². The van der Waals surface area contributed by atoms with Gasteiger partial charge in [-0.15, -0.1) is 5.10 Å². The molecule has 0 saturated heterocycles. The Balaban J connectivity index is 2.36. The van der Waals surface area contributed by atoms with Crippen molar-refractivity contribution in [3.63, 3.8) is 0 Å². The number of aromatic nitrogens is 4. The number of H-pyrrole nitrogens is 1. The minimum Gasteiger partial charge on any atom is -0.408 e. The SMILES string of the molecule is Cc1nnc(-n2c(=O)[nH]c3cc(Cl)ccc32)o1. The maximum Gasteiger partial charge on any atom is 0.334 e. The topological polar surface area (TPSA) is 76.7 Å². The van der Waals surface area contributed by atoms with E-state index in [1.807, 2.05) is 0 Å². The molecule has 0 unspecified atom stereocenters. The Hall–Kier alpha value is -2.08. The summed E-state index contributed by atoms with van der Waals surface area (Å²) in [7, 11) is 0. The zero-order valence-electron chi connectivity index (χ0n) is 8.77. The molecule has 2 heterocycles. The third-order valence-electron chi connectivity index (χ3n) is 2.35. The van der Waals surface area contributed by atoms with Gasteiger partial charge in [0.15, 0.2) is 0 Å². The minimum atomic E-state index is -0.342. The standard InChI is InChI=1S/C10H7ClN4O2/c1-5-13-14-10(17-5)15-8-3-2-6(11)4-7(8)12-9(15)16/h2-4H,1H3,(H,12,16). The van der Waals surface area contributed by atoms with Gasteiger partial charge < -0.3 is 9.40 Å². The number of rotatable bonds is 1. The minimum absolute atomic E-state index is 0.140. The summed E-state index contributed by atoms with van der Waals surface area (Å²) < 4.78 is 6.55. The lowest BCUT2D eigenvalue weighted by Gasteiger charge is -1.95. The molecule has 0 radical (unpaired) electrons. The third-order valence-corrected chi connectivity index (χ3v) is 2.59. The Morgan fingerprint density at radius 3 is 2.94 bits per heavy atom. The summed E-state index contributed by atoms with van der Waals surface area (Å²) in [6.45, 7) is 1.66. The van der Waals surface area contributed by atoms with Crippen LogP contribution in [0.15, 0.2) is 27.4 Å². The molecule has 2 aromatic heterocycles. The van der Waals surface area contributed by atoms with E-state index in [0.717, 1.165) is 0 Å². The summed E-state index contributed by atoms with van der Waals surface area (Å²) in [5, 5.41) is 8.06. The van der Waals surface area contributed by atoms with Gasteiger partial charge in [0.2, 0.25) is 5.89 Å². The molecule has 0 aliphatic heterocycles. The molecule has 3 rings (SSSR count). The number of imidazole rings is 1. The molecule has 6 nitrogen and oxygen atoms in total. The van der Waals surface area contributed by atoms with Gasteiger partial charge in [-0.3, -0.25) is 0 Å². The van der Waals surface area contributed by atoms with Crippen molar-refractivity contribution in [2.45, 2.75) is 6.92 Å². The maximum absolute atomic E-state index is 11.8. The van der Waals surface area contributed by atoms with Crippen molar-refractivity contribution in [2.24, 2.45) is 0 Å². The van der Waals surface area contributed by atoms with Crippen LogP contribution in [-0.2, 0) is 0 Å². The quantitative estimate of drug-likeness (QED) is 0.713. The van der Waals surface area contributed by atoms with Crippen LogP contribution >= 0.6 is 11.6 Å². The summed E-state index contributed by atoms with van der Waals surface area (Å²) in [5.41, 5.74) is 0.923. The summed E-state index contributed by atoms with van der Waals surface area (Å²) in [4.78, 5) is 14.5. The normalized spacial score (nSPS) is 11.2. The van der Waals surface area contributed by atoms with Gasteiger partial charge in [-0.1, -0.05) is 16.7 Å². The molecule has 0 amide bonds. The van der Waals surface area contributed by atoms with Gasteiger partial charge in [-0.25, -0.2) is 9.36 Å². The molecule has 1 aromatic carbocycles. The molecular weight excluding hydrogens is 244 g/mol. The molecule has 0 saturated carbocycles. The van der Waals surface area contributed by atoms with Crippen molar-refractivity contribution in [3.8, 4) is 6.01 Å². The Labute approximate surface area is 99.8 Å². The van der Waals surface area contributed by atoms with E-state index in [1.165, 1.54) is 4.57 Å². The molecule has 0 bridgehead atoms. The van der Waals surface area contributed by atoms with Crippen LogP contribution in [0.2, 0.25) is 5.02 Å². The van der Waals surface area contributed by atoms with Crippen LogP contribution in [0, 0.1) is 6.92 Å². The molecule has 0 atom stereocenters. The first-order valence-electron chi connectivity index (χ1n) is 4.86. The van der Waals surface area contributed by atoms with Gasteiger partial charge in [-0.05, 0) is 18.2 Å². The van der Waals surface area contributed by atoms with E-state index >= 15 is 0 Å². The van der Waals surface area contributed by atoms with E-state index < -0.39 is 0 Å². The van der Waals surface area contributed by atoms with Gasteiger partial charge in [0.25, 0.3) is 0 Å². The van der Waals surface area contributed by atoms with Crippen molar-refractivity contribution >= 4 is 22.6 Å². The zero-order chi connectivity index (χ0) is 12.0. The molecule has 0 spiro atoms. The van der Waals surface area contributed by atoms with Gasteiger partial charge in [0.1, 0.15) is 0 Å². The van der Waals surface area contributed by atoms with E-state index in [-0.39, 0.29) is 11.7 Å². The van der Waals surface area contributed by atoms with Gasteiger partial charge in [0, 0.05) is 11.9 Å². The Morgan fingerprint density at radius 2 is 2.24 bits per heavy atom. The molecule has 3 aromatic rings. The summed E-state index contributed by atoms with van der Waals surface area (Å²) >= 11 is 5.85. The Morgan fingerprint density at radius 1 is 1.41 bits per heavy atom. The second-order valence-electron chi connectivity index (χ2n) is 3.53. The molecule has 0 aliphatic carbocycles. The van der Waals surface area contributed by atoms with Crippen LogP contribution in [0.5, 0.6) is 0 Å². The predicted molar refractivity (Wildman–Crippen MR) is 61.5 cm³/mol. The Kier molecular flexibility index (Phi) is 2.05. The van der Waals surface area contributed by atoms with Gasteiger partial charge >= 0.3 is 11.7 Å². The van der Waals surface area contributed by atoms with E-state index in [9.17, 15) is 4.79 Å². The number of fused-ring (bicyclic) bond motifs is 1. The highest BCUT2D eigenvalue weighted by atomic mass is 35.5. The van der Waals surface area contributed by atoms with E-state index in [0.29, 0.717) is 21.9 Å². The molecular formula is C10H7ClN4O2. The second kappa shape index (κ2) is 3.46. The van der Waals surface area contributed by atoms with Crippen LogP contribution in [0.4, 0.5) is 0 Å². The number of nitrogens with one attached hydrogen (secondary N) is 1. The monoisotopic (exact) mass is 250 g/mol. The fourth-order valence-electron chi connectivity index (χ4n) is 1.65. The summed E-state index contributed by atoms with van der Waals surface area (Å²) in [5.74, 6) is 0.398. The highest BCUT2D eigenvalue weighted by Gasteiger charge is 2.13. The molecule has 0 fully saturated rings. The number of nitrogens with zero attached hydrogens (tertiary/aromatic N) is 3. The molecule has 17 heavy (non-hydrogen) atoms. The predicted octanol–water partition coefficient (Wildman–Crippen LogP) is 1.66. The van der Waals surface area contributed by atoms with Crippen LogP contribution < -0.4 is 5.69 Å². The van der Waals surface area contributed by atoms with Crippen molar-refractivity contribution in [2.75, 3.05) is 0 Å². The number of hydrogen-bond acceptors (Lipinski definition) is 4. The highest BCUT2D eigenvalue weighted by Crippen LogP contribution is 2.18. The first kappa shape index (κ1) is 10.1. The lowest BCUT2D eigenvalue weighted by atomic mass is 10.3. The average Bonchev–Trinajstić information content (AvgIpc) is 2.80. The van der Waals surface area contributed by atoms with E-state index in [4.69, 9.17) is 16.0 Å². The number of aromatic amines is 1. The molecule has 0 aliphatic rings. The highest BCUT2D eigenvalue weighted by molar-refractivity contribution is 6.31. The summed E-state index contributed by atoms with van der Waals surface area (Å²) in [6.07, 6.45) is 0. The number of halogens is 1. The number of aryl methyl sites for hydroxylation is 1.